The maximum atomic E-state index is 12.3. The lowest BCUT2D eigenvalue weighted by molar-refractivity contribution is 0.503. The van der Waals surface area contributed by atoms with Crippen molar-refractivity contribution in [1.29, 1.82) is 0 Å². The maximum Gasteiger partial charge on any atom is 0.258 e. The van der Waals surface area contributed by atoms with E-state index in [1.54, 1.807) is 0 Å². The SMILES string of the molecule is CCNCc1cn[nH]c1S(=O)(=O)NC1CCS(=O)(=O)CC1. The number of hydrogen-bond donors (Lipinski definition) is 3. The molecule has 0 saturated carbocycles. The molecule has 1 saturated heterocycles. The lowest BCUT2D eigenvalue weighted by atomic mass is 10.2. The Morgan fingerprint density at radius 3 is 2.67 bits per heavy atom. The summed E-state index contributed by atoms with van der Waals surface area (Å²) in [5, 5.41) is 9.36. The second kappa shape index (κ2) is 6.42. The molecule has 3 N–H and O–H groups in total. The van der Waals surface area contributed by atoms with Crippen LogP contribution in [0.2, 0.25) is 0 Å². The van der Waals surface area contributed by atoms with Gasteiger partial charge >= 0.3 is 0 Å². The van der Waals surface area contributed by atoms with E-state index in [2.05, 4.69) is 20.2 Å². The van der Waals surface area contributed by atoms with Gasteiger partial charge in [-0.1, -0.05) is 6.92 Å². The molecule has 0 bridgehead atoms. The summed E-state index contributed by atoms with van der Waals surface area (Å²) in [6.45, 7) is 3.05. The van der Waals surface area contributed by atoms with Gasteiger partial charge in [0.15, 0.2) is 5.03 Å². The van der Waals surface area contributed by atoms with E-state index < -0.39 is 19.9 Å². The van der Waals surface area contributed by atoms with Gasteiger partial charge in [0.1, 0.15) is 9.84 Å². The van der Waals surface area contributed by atoms with Crippen LogP contribution in [0.15, 0.2) is 11.2 Å². The number of sulfonamides is 1. The minimum absolute atomic E-state index is 0.0212. The highest BCUT2D eigenvalue weighted by Crippen LogP contribution is 2.17. The third-order valence-corrected chi connectivity index (χ3v) is 6.64. The van der Waals surface area contributed by atoms with Gasteiger partial charge in [-0.05, 0) is 19.4 Å². The summed E-state index contributed by atoms with van der Waals surface area (Å²) in [4.78, 5) is 0. The second-order valence-electron chi connectivity index (χ2n) is 5.05. The molecule has 0 aromatic carbocycles. The van der Waals surface area contributed by atoms with Gasteiger partial charge in [0, 0.05) is 18.2 Å². The predicted molar refractivity (Wildman–Crippen MR) is 78.0 cm³/mol. The number of H-pyrrole nitrogens is 1. The Labute approximate surface area is 124 Å². The van der Waals surface area contributed by atoms with E-state index in [9.17, 15) is 16.8 Å². The van der Waals surface area contributed by atoms with Gasteiger partial charge in [0.05, 0.1) is 17.7 Å². The Bertz CT molecular complexity index is 667. The Morgan fingerprint density at radius 2 is 2.05 bits per heavy atom. The summed E-state index contributed by atoms with van der Waals surface area (Å²) in [5.41, 5.74) is 0.563. The van der Waals surface area contributed by atoms with Gasteiger partial charge in [-0.2, -0.15) is 5.10 Å². The molecular formula is C11H20N4O4S2. The molecule has 1 aliphatic rings. The molecule has 0 spiro atoms. The summed E-state index contributed by atoms with van der Waals surface area (Å²) >= 11 is 0. The summed E-state index contributed by atoms with van der Waals surface area (Å²) in [6.07, 6.45) is 2.08. The summed E-state index contributed by atoms with van der Waals surface area (Å²) in [6, 6.07) is -0.353. The van der Waals surface area contributed by atoms with Crippen molar-refractivity contribution in [3.8, 4) is 0 Å². The van der Waals surface area contributed by atoms with Gasteiger partial charge in [0.25, 0.3) is 10.0 Å². The van der Waals surface area contributed by atoms with Crippen LogP contribution in [0.25, 0.3) is 0 Å². The highest BCUT2D eigenvalue weighted by molar-refractivity contribution is 7.91. The van der Waals surface area contributed by atoms with E-state index in [-0.39, 0.29) is 22.6 Å². The van der Waals surface area contributed by atoms with Crippen molar-refractivity contribution in [3.05, 3.63) is 11.8 Å². The third-order valence-electron chi connectivity index (χ3n) is 3.39. The molecule has 1 aliphatic heterocycles. The van der Waals surface area contributed by atoms with Crippen molar-refractivity contribution in [2.75, 3.05) is 18.1 Å². The van der Waals surface area contributed by atoms with Crippen molar-refractivity contribution in [2.24, 2.45) is 0 Å². The average Bonchev–Trinajstić information content (AvgIpc) is 2.88. The van der Waals surface area contributed by atoms with E-state index in [4.69, 9.17) is 0 Å². The molecule has 120 valence electrons. The Balaban J connectivity index is 2.07. The van der Waals surface area contributed by atoms with E-state index in [1.165, 1.54) is 6.20 Å². The summed E-state index contributed by atoms with van der Waals surface area (Å²) < 4.78 is 50.0. The van der Waals surface area contributed by atoms with Crippen LogP contribution in [0.1, 0.15) is 25.3 Å². The molecule has 0 atom stereocenters. The van der Waals surface area contributed by atoms with Crippen molar-refractivity contribution < 1.29 is 16.8 Å². The van der Waals surface area contributed by atoms with Crippen molar-refractivity contribution >= 4 is 19.9 Å². The zero-order valence-electron chi connectivity index (χ0n) is 11.8. The van der Waals surface area contributed by atoms with Crippen LogP contribution in [0.4, 0.5) is 0 Å². The van der Waals surface area contributed by atoms with Gasteiger partial charge in [-0.15, -0.1) is 0 Å². The van der Waals surface area contributed by atoms with Crippen LogP contribution in [0.5, 0.6) is 0 Å². The topological polar surface area (TPSA) is 121 Å². The lowest BCUT2D eigenvalue weighted by Crippen LogP contribution is -2.41. The largest absolute Gasteiger partial charge is 0.313 e. The summed E-state index contributed by atoms with van der Waals surface area (Å²) in [5.74, 6) is 0.0425. The number of nitrogens with zero attached hydrogens (tertiary/aromatic N) is 1. The molecule has 10 heteroatoms. The number of aromatic nitrogens is 2. The smallest absolute Gasteiger partial charge is 0.258 e. The maximum absolute atomic E-state index is 12.3. The first kappa shape index (κ1) is 16.4. The fourth-order valence-corrected chi connectivity index (χ4v) is 5.13. The number of hydrogen-bond acceptors (Lipinski definition) is 6. The molecule has 8 nitrogen and oxygen atoms in total. The van der Waals surface area contributed by atoms with Crippen LogP contribution < -0.4 is 10.0 Å². The van der Waals surface area contributed by atoms with Gasteiger partial charge in [-0.25, -0.2) is 21.6 Å². The first-order valence-electron chi connectivity index (χ1n) is 6.80. The summed E-state index contributed by atoms with van der Waals surface area (Å²) in [7, 11) is -6.73. The molecule has 0 amide bonds. The second-order valence-corrected chi connectivity index (χ2v) is 9.01. The minimum atomic E-state index is -3.72. The number of rotatable bonds is 6. The standard InChI is InChI=1S/C11H20N4O4S2/c1-2-12-7-9-8-13-14-11(9)21(18,19)15-10-3-5-20(16,17)6-4-10/h8,10,12,15H,2-7H2,1H3,(H,13,14). The average molecular weight is 336 g/mol. The third kappa shape index (κ3) is 4.25. The molecule has 2 rings (SSSR count). The molecule has 0 radical (unpaired) electrons. The number of aromatic amines is 1. The normalized spacial score (nSPS) is 19.7. The van der Waals surface area contributed by atoms with Crippen LogP contribution >= 0.6 is 0 Å². The van der Waals surface area contributed by atoms with Crippen LogP contribution in [-0.2, 0) is 26.4 Å². The highest BCUT2D eigenvalue weighted by atomic mass is 32.2. The quantitative estimate of drug-likeness (QED) is 0.636. The molecule has 2 heterocycles. The monoisotopic (exact) mass is 336 g/mol. The molecule has 1 aromatic rings. The Kier molecular flexibility index (Phi) is 5.02. The molecule has 1 fully saturated rings. The van der Waals surface area contributed by atoms with E-state index >= 15 is 0 Å². The van der Waals surface area contributed by atoms with Crippen molar-refractivity contribution in [1.82, 2.24) is 20.2 Å². The molecule has 1 aromatic heterocycles. The highest BCUT2D eigenvalue weighted by Gasteiger charge is 2.29. The molecule has 0 aliphatic carbocycles. The molecular weight excluding hydrogens is 316 g/mol. The Hall–Kier alpha value is -0.970. The number of sulfone groups is 1. The van der Waals surface area contributed by atoms with Gasteiger partial charge in [-0.3, -0.25) is 5.10 Å². The lowest BCUT2D eigenvalue weighted by Gasteiger charge is -2.22. The minimum Gasteiger partial charge on any atom is -0.313 e. The Morgan fingerprint density at radius 1 is 1.38 bits per heavy atom. The van der Waals surface area contributed by atoms with Crippen LogP contribution in [-0.4, -0.2) is 51.1 Å². The van der Waals surface area contributed by atoms with E-state index in [0.29, 0.717) is 24.9 Å². The van der Waals surface area contributed by atoms with Gasteiger partial charge < -0.3 is 5.32 Å². The zero-order valence-corrected chi connectivity index (χ0v) is 13.4. The zero-order chi connectivity index (χ0) is 15.5. The molecule has 0 unspecified atom stereocenters. The fourth-order valence-electron chi connectivity index (χ4n) is 2.20. The predicted octanol–water partition coefficient (Wildman–Crippen LogP) is -0.625. The van der Waals surface area contributed by atoms with Crippen LogP contribution in [0, 0.1) is 0 Å². The van der Waals surface area contributed by atoms with Crippen molar-refractivity contribution in [2.45, 2.75) is 37.4 Å². The van der Waals surface area contributed by atoms with Crippen LogP contribution in [0.3, 0.4) is 0 Å². The number of nitrogens with one attached hydrogen (secondary N) is 3. The van der Waals surface area contributed by atoms with Gasteiger partial charge in [0.2, 0.25) is 0 Å². The fraction of sp³-hybridized carbons (Fsp3) is 0.727. The molecule has 21 heavy (non-hydrogen) atoms. The van der Waals surface area contributed by atoms with E-state index in [1.807, 2.05) is 6.92 Å². The first-order chi connectivity index (χ1) is 9.84. The first-order valence-corrected chi connectivity index (χ1v) is 10.1. The van der Waals surface area contributed by atoms with Crippen molar-refractivity contribution in [3.63, 3.8) is 0 Å². The van der Waals surface area contributed by atoms with E-state index in [0.717, 1.165) is 6.54 Å².